The van der Waals surface area contributed by atoms with Crippen LogP contribution in [0, 0.1) is 17.0 Å². The number of carbonyl (C=O) groups excluding carboxylic acids is 2. The van der Waals surface area contributed by atoms with Crippen molar-refractivity contribution in [2.45, 2.75) is 31.1 Å². The molecule has 5 aromatic rings. The molecule has 15 heteroatoms. The number of pyridine rings is 2. The fourth-order valence-electron chi connectivity index (χ4n) is 5.28. The van der Waals surface area contributed by atoms with Crippen molar-refractivity contribution in [1.29, 1.82) is 0 Å². The van der Waals surface area contributed by atoms with E-state index in [2.05, 4.69) is 25.5 Å². The summed E-state index contributed by atoms with van der Waals surface area (Å²) in [6.07, 6.45) is 8.00. The standard InChI is InChI=1S/C28H32FN3O5.C7H6FNO.C5H5NOS/c1-28(7-8-28)27(33)31-19-4-5-24(21(29)16-19)37-23-6-9-30-22-18-26(25(34-2)17-20(22)23)36-13-3-10-32-11-14-35-15-12-32;8-6-1-3-7(4-2-6)9-5-10;7-8-5-2-1-3-6-4-5/h4-6,9,16-18H,3,7-8,10-15H2,1-2H3,(H,31,33);1-5H,(H,9,10);1-4,7H. The third kappa shape index (κ3) is 12.3. The zero-order valence-electron chi connectivity index (χ0n) is 30.5. The number of nitrogens with zero attached hydrogens (tertiary/aromatic N) is 3. The molecule has 2 amide bonds. The number of fused-ring (bicyclic) bond motifs is 1. The molecule has 0 spiro atoms. The number of rotatable bonds is 13. The van der Waals surface area contributed by atoms with Gasteiger partial charge in [0, 0.05) is 84.6 Å². The number of benzene rings is 3. The van der Waals surface area contributed by atoms with Gasteiger partial charge in [-0.1, -0.05) is 6.92 Å². The van der Waals surface area contributed by atoms with Crippen LogP contribution in [-0.4, -0.2) is 78.3 Å². The quantitative estimate of drug-likeness (QED) is 0.0607. The summed E-state index contributed by atoms with van der Waals surface area (Å²) in [4.78, 5) is 33.5. The average Bonchev–Trinajstić information content (AvgIpc) is 3.98. The molecular weight excluding hydrogens is 733 g/mol. The lowest BCUT2D eigenvalue weighted by Gasteiger charge is -2.26. The normalized spacial score (nSPS) is 14.3. The zero-order valence-corrected chi connectivity index (χ0v) is 31.3. The fraction of sp³-hybridized carbons (Fsp3) is 0.300. The van der Waals surface area contributed by atoms with Crippen LogP contribution in [0.4, 0.5) is 20.2 Å². The van der Waals surface area contributed by atoms with E-state index >= 15 is 0 Å². The Hall–Kier alpha value is -5.35. The van der Waals surface area contributed by atoms with Gasteiger partial charge < -0.3 is 34.1 Å². The first-order valence-corrected chi connectivity index (χ1v) is 18.3. The molecule has 290 valence electrons. The van der Waals surface area contributed by atoms with Gasteiger partial charge in [0.15, 0.2) is 23.1 Å². The molecule has 1 saturated heterocycles. The molecule has 2 aromatic heterocycles. The van der Waals surface area contributed by atoms with Crippen LogP contribution in [0.2, 0.25) is 0 Å². The van der Waals surface area contributed by atoms with Crippen molar-refractivity contribution in [3.63, 3.8) is 0 Å². The van der Waals surface area contributed by atoms with Crippen LogP contribution < -0.4 is 24.8 Å². The molecule has 3 N–H and O–H groups in total. The first-order chi connectivity index (χ1) is 26.7. The number of aromatic nitrogens is 2. The summed E-state index contributed by atoms with van der Waals surface area (Å²) in [5, 5.41) is 5.84. The second-order valence-electron chi connectivity index (χ2n) is 12.8. The highest BCUT2D eigenvalue weighted by Crippen LogP contribution is 2.46. The highest BCUT2D eigenvalue weighted by atomic mass is 32.2. The maximum absolute atomic E-state index is 14.9. The summed E-state index contributed by atoms with van der Waals surface area (Å²) in [5.74, 6) is 0.647. The Bertz CT molecular complexity index is 2000. The van der Waals surface area contributed by atoms with E-state index in [9.17, 15) is 18.4 Å². The molecule has 1 aliphatic heterocycles. The maximum Gasteiger partial charge on any atom is 0.230 e. The lowest BCUT2D eigenvalue weighted by atomic mass is 10.1. The average molecular weight is 776 g/mol. The molecule has 1 aliphatic carbocycles. The summed E-state index contributed by atoms with van der Waals surface area (Å²) in [5.41, 5.74) is 1.30. The van der Waals surface area contributed by atoms with Gasteiger partial charge in [-0.3, -0.25) is 24.5 Å². The van der Waals surface area contributed by atoms with Gasteiger partial charge in [0.1, 0.15) is 11.6 Å². The number of morpholine rings is 1. The molecule has 0 atom stereocenters. The number of methoxy groups -OCH3 is 1. The molecule has 0 bridgehead atoms. The Balaban J connectivity index is 0.000000263. The highest BCUT2D eigenvalue weighted by molar-refractivity contribution is 7.93. The predicted molar refractivity (Wildman–Crippen MR) is 207 cm³/mol. The molecule has 0 unspecified atom stereocenters. The van der Waals surface area contributed by atoms with Gasteiger partial charge in [0.05, 0.1) is 37.3 Å². The van der Waals surface area contributed by atoms with Crippen molar-refractivity contribution < 1.29 is 41.9 Å². The van der Waals surface area contributed by atoms with Crippen molar-refractivity contribution in [3.05, 3.63) is 103 Å². The van der Waals surface area contributed by atoms with Gasteiger partial charge in [-0.15, -0.1) is 0 Å². The number of amides is 2. The molecular formula is C40H43F2N5O7S. The van der Waals surface area contributed by atoms with Crippen LogP contribution in [0.3, 0.4) is 0 Å². The van der Waals surface area contributed by atoms with Crippen LogP contribution >= 0.6 is 12.0 Å². The third-order valence-corrected chi connectivity index (χ3v) is 9.19. The number of hydrogen-bond acceptors (Lipinski definition) is 11. The largest absolute Gasteiger partial charge is 0.493 e. The van der Waals surface area contributed by atoms with E-state index < -0.39 is 5.82 Å². The minimum absolute atomic E-state index is 0.0468. The first-order valence-electron chi connectivity index (χ1n) is 17.6. The second kappa shape index (κ2) is 20.4. The van der Waals surface area contributed by atoms with Crippen LogP contribution in [0.25, 0.3) is 10.9 Å². The molecule has 7 rings (SSSR count). The smallest absolute Gasteiger partial charge is 0.230 e. The molecule has 2 aliphatic rings. The Morgan fingerprint density at radius 2 is 1.75 bits per heavy atom. The van der Waals surface area contributed by atoms with Crippen LogP contribution in [-0.2, 0) is 14.3 Å². The van der Waals surface area contributed by atoms with Crippen molar-refractivity contribution in [1.82, 2.24) is 14.9 Å². The molecule has 3 aromatic carbocycles. The van der Waals surface area contributed by atoms with E-state index in [0.717, 1.165) is 57.0 Å². The van der Waals surface area contributed by atoms with Gasteiger partial charge in [0.25, 0.3) is 0 Å². The summed E-state index contributed by atoms with van der Waals surface area (Å²) >= 11 is 0.706. The molecule has 55 heavy (non-hydrogen) atoms. The van der Waals surface area contributed by atoms with Gasteiger partial charge in [-0.2, -0.15) is 0 Å². The number of nitrogens with one attached hydrogen (secondary N) is 2. The number of ether oxygens (including phenoxy) is 4. The first kappa shape index (κ1) is 40.8. The molecule has 1 saturated carbocycles. The van der Waals surface area contributed by atoms with Crippen molar-refractivity contribution in [2.75, 3.05) is 57.2 Å². The molecule has 0 radical (unpaired) electrons. The monoisotopic (exact) mass is 775 g/mol. The number of carbonyl (C=O) groups is 2. The van der Waals surface area contributed by atoms with E-state index in [4.69, 9.17) is 23.5 Å². The van der Waals surface area contributed by atoms with E-state index in [-0.39, 0.29) is 22.9 Å². The third-order valence-electron chi connectivity index (χ3n) is 8.73. The number of anilines is 2. The molecule has 12 nitrogen and oxygen atoms in total. The van der Waals surface area contributed by atoms with Gasteiger partial charge >= 0.3 is 0 Å². The highest BCUT2D eigenvalue weighted by Gasteiger charge is 2.44. The van der Waals surface area contributed by atoms with E-state index in [1.54, 1.807) is 56.0 Å². The lowest BCUT2D eigenvalue weighted by molar-refractivity contribution is -0.120. The van der Waals surface area contributed by atoms with Crippen molar-refractivity contribution in [3.8, 4) is 23.0 Å². The Labute approximate surface area is 322 Å². The SMILES string of the molecule is COc1cc2c(Oc3ccc(NC(=O)C4(C)CC4)cc3F)ccnc2cc1OCCCN1CCOCC1.O=CNc1ccc(F)cc1.OSc1cccnc1. The van der Waals surface area contributed by atoms with Crippen LogP contribution in [0.1, 0.15) is 26.2 Å². The lowest BCUT2D eigenvalue weighted by Crippen LogP contribution is -2.37. The van der Waals surface area contributed by atoms with Crippen molar-refractivity contribution in [2.24, 2.45) is 5.41 Å². The van der Waals surface area contributed by atoms with Gasteiger partial charge in [-0.25, -0.2) is 8.78 Å². The maximum atomic E-state index is 14.9. The van der Waals surface area contributed by atoms with Crippen LogP contribution in [0.5, 0.6) is 23.0 Å². The second-order valence-corrected chi connectivity index (χ2v) is 13.5. The van der Waals surface area contributed by atoms with E-state index in [1.807, 2.05) is 13.0 Å². The Kier molecular flexibility index (Phi) is 15.1. The summed E-state index contributed by atoms with van der Waals surface area (Å²) in [7, 11) is 1.58. The zero-order chi connectivity index (χ0) is 39.0. The summed E-state index contributed by atoms with van der Waals surface area (Å²) in [6.45, 7) is 6.85. The van der Waals surface area contributed by atoms with Crippen LogP contribution in [0.15, 0.2) is 96.3 Å². The van der Waals surface area contributed by atoms with E-state index in [0.29, 0.717) is 64.6 Å². The summed E-state index contributed by atoms with van der Waals surface area (Å²) in [6, 6.07) is 18.8. The summed E-state index contributed by atoms with van der Waals surface area (Å²) < 4.78 is 58.4. The molecule has 3 heterocycles. The van der Waals surface area contributed by atoms with Crippen molar-refractivity contribution >= 4 is 46.6 Å². The molecule has 2 fully saturated rings. The predicted octanol–water partition coefficient (Wildman–Crippen LogP) is 8.06. The minimum Gasteiger partial charge on any atom is -0.493 e. The number of halogens is 2. The Morgan fingerprint density at radius 1 is 0.982 bits per heavy atom. The topological polar surface area (TPSA) is 144 Å². The number of hydrogen-bond donors (Lipinski definition) is 3. The fourth-order valence-corrected chi connectivity index (χ4v) is 5.52. The Morgan fingerprint density at radius 3 is 2.38 bits per heavy atom. The van der Waals surface area contributed by atoms with Gasteiger partial charge in [0.2, 0.25) is 12.3 Å². The van der Waals surface area contributed by atoms with E-state index in [1.165, 1.54) is 36.4 Å². The minimum atomic E-state index is -0.573. The van der Waals surface area contributed by atoms with Gasteiger partial charge in [-0.05, 0) is 79.9 Å².